The third-order valence-corrected chi connectivity index (χ3v) is 5.87. The molecule has 2 aromatic carbocycles. The van der Waals surface area contributed by atoms with Gasteiger partial charge in [0.05, 0.1) is 18.5 Å². The molecule has 6 nitrogen and oxygen atoms in total. The van der Waals surface area contributed by atoms with Crippen LogP contribution in [0.2, 0.25) is 0 Å². The topological polar surface area (TPSA) is 78.8 Å². The van der Waals surface area contributed by atoms with Gasteiger partial charge in [0.1, 0.15) is 0 Å². The summed E-state index contributed by atoms with van der Waals surface area (Å²) in [5.74, 6) is -0.293. The van der Waals surface area contributed by atoms with E-state index in [-0.39, 0.29) is 12.5 Å². The first-order valence-electron chi connectivity index (χ1n) is 9.41. The van der Waals surface area contributed by atoms with Crippen LogP contribution in [0.5, 0.6) is 0 Å². The fraction of sp³-hybridized carbons (Fsp3) is 0.333. The number of carbonyl (C=O) groups is 1. The molecule has 1 fully saturated rings. The van der Waals surface area contributed by atoms with E-state index < -0.39 is 10.0 Å². The Morgan fingerprint density at radius 1 is 1.00 bits per heavy atom. The Bertz CT molecular complexity index is 931. The number of carbonyl (C=O) groups excluding carboxylic acids is 1. The fourth-order valence-corrected chi connectivity index (χ4v) is 4.08. The summed E-state index contributed by atoms with van der Waals surface area (Å²) in [6.07, 6.45) is 6.49. The van der Waals surface area contributed by atoms with Gasteiger partial charge >= 0.3 is 0 Å². The van der Waals surface area contributed by atoms with Crippen molar-refractivity contribution in [3.05, 3.63) is 65.7 Å². The lowest BCUT2D eigenvalue weighted by molar-refractivity contribution is 0.0954. The van der Waals surface area contributed by atoms with Crippen LogP contribution in [-0.4, -0.2) is 26.3 Å². The molecule has 0 radical (unpaired) electrons. The van der Waals surface area contributed by atoms with Crippen molar-refractivity contribution in [2.75, 3.05) is 10.6 Å². The van der Waals surface area contributed by atoms with Gasteiger partial charge in [0.15, 0.2) is 0 Å². The number of anilines is 1. The van der Waals surface area contributed by atoms with Crippen molar-refractivity contribution < 1.29 is 13.2 Å². The van der Waals surface area contributed by atoms with Gasteiger partial charge in [-0.2, -0.15) is 5.10 Å². The smallest absolute Gasteiger partial charge is 0.267 e. The van der Waals surface area contributed by atoms with E-state index in [1.807, 2.05) is 30.3 Å². The number of rotatable bonds is 6. The molecule has 2 aromatic rings. The van der Waals surface area contributed by atoms with Crippen LogP contribution in [0.4, 0.5) is 5.69 Å². The van der Waals surface area contributed by atoms with E-state index in [2.05, 4.69) is 10.5 Å². The molecule has 28 heavy (non-hydrogen) atoms. The molecule has 3 rings (SSSR count). The summed E-state index contributed by atoms with van der Waals surface area (Å²) >= 11 is 0. The maximum atomic E-state index is 12.3. The van der Waals surface area contributed by atoms with Crippen molar-refractivity contribution in [1.82, 2.24) is 5.43 Å². The highest BCUT2D eigenvalue weighted by Crippen LogP contribution is 2.21. The lowest BCUT2D eigenvalue weighted by atomic mass is 9.99. The summed E-state index contributed by atoms with van der Waals surface area (Å²) in [6.45, 7) is 0.235. The van der Waals surface area contributed by atoms with Gasteiger partial charge in [-0.15, -0.1) is 0 Å². The average molecular weight is 400 g/mol. The van der Waals surface area contributed by atoms with E-state index in [0.29, 0.717) is 11.3 Å². The second kappa shape index (κ2) is 9.01. The van der Waals surface area contributed by atoms with Gasteiger partial charge < -0.3 is 0 Å². The van der Waals surface area contributed by atoms with Gasteiger partial charge in [0, 0.05) is 11.3 Å². The predicted octanol–water partition coefficient (Wildman–Crippen LogP) is 3.70. The van der Waals surface area contributed by atoms with Gasteiger partial charge in [-0.25, -0.2) is 13.8 Å². The lowest BCUT2D eigenvalue weighted by Crippen LogP contribution is -2.29. The van der Waals surface area contributed by atoms with Gasteiger partial charge in [0.25, 0.3) is 5.91 Å². The molecule has 1 aliphatic rings. The van der Waals surface area contributed by atoms with Crippen LogP contribution in [0.1, 0.15) is 48.0 Å². The van der Waals surface area contributed by atoms with Crippen LogP contribution in [0.15, 0.2) is 59.7 Å². The Morgan fingerprint density at radius 3 is 2.25 bits per heavy atom. The SMILES string of the molecule is CS(=O)(=O)N(Cc1ccccc1)c1ccc(C(=O)NN=C2CCCCC2)cc1. The Morgan fingerprint density at radius 2 is 1.64 bits per heavy atom. The summed E-state index contributed by atoms with van der Waals surface area (Å²) in [5, 5.41) is 4.22. The van der Waals surface area contributed by atoms with Gasteiger partial charge in [-0.1, -0.05) is 36.8 Å². The van der Waals surface area contributed by atoms with Gasteiger partial charge in [0.2, 0.25) is 10.0 Å². The maximum absolute atomic E-state index is 12.3. The van der Waals surface area contributed by atoms with Crippen LogP contribution in [0.25, 0.3) is 0 Å². The molecule has 1 amide bonds. The first-order chi connectivity index (χ1) is 13.4. The molecule has 0 heterocycles. The number of benzene rings is 2. The molecule has 0 unspecified atom stereocenters. The van der Waals surface area contributed by atoms with E-state index in [9.17, 15) is 13.2 Å². The second-order valence-electron chi connectivity index (χ2n) is 6.98. The Kier molecular flexibility index (Phi) is 6.46. The molecule has 0 aliphatic heterocycles. The molecular weight excluding hydrogens is 374 g/mol. The quantitative estimate of drug-likeness (QED) is 0.752. The van der Waals surface area contributed by atoms with E-state index in [1.165, 1.54) is 17.0 Å². The van der Waals surface area contributed by atoms with Crippen LogP contribution in [0, 0.1) is 0 Å². The minimum atomic E-state index is -3.46. The van der Waals surface area contributed by atoms with Crippen LogP contribution >= 0.6 is 0 Å². The Balaban J connectivity index is 1.72. The maximum Gasteiger partial charge on any atom is 0.271 e. The van der Waals surface area contributed by atoms with Crippen LogP contribution in [-0.2, 0) is 16.6 Å². The molecule has 7 heteroatoms. The first-order valence-corrected chi connectivity index (χ1v) is 11.3. The predicted molar refractivity (Wildman–Crippen MR) is 112 cm³/mol. The number of nitrogens with one attached hydrogen (secondary N) is 1. The highest BCUT2D eigenvalue weighted by molar-refractivity contribution is 7.92. The van der Waals surface area contributed by atoms with Crippen molar-refractivity contribution in [1.29, 1.82) is 0 Å². The number of hydrogen-bond donors (Lipinski definition) is 1. The van der Waals surface area contributed by atoms with Gasteiger partial charge in [-0.05, 0) is 55.5 Å². The number of amides is 1. The van der Waals surface area contributed by atoms with Gasteiger partial charge in [-0.3, -0.25) is 9.10 Å². The van der Waals surface area contributed by atoms with Crippen molar-refractivity contribution in [2.45, 2.75) is 38.6 Å². The minimum Gasteiger partial charge on any atom is -0.267 e. The molecule has 1 aliphatic carbocycles. The standard InChI is InChI=1S/C21H25N3O3S/c1-28(26,27)24(16-17-8-4-2-5-9-17)20-14-12-18(13-15-20)21(25)23-22-19-10-6-3-7-11-19/h2,4-5,8-9,12-15H,3,6-7,10-11,16H2,1H3,(H,23,25). The molecule has 0 aromatic heterocycles. The highest BCUT2D eigenvalue weighted by atomic mass is 32.2. The zero-order chi connectivity index (χ0) is 20.0. The normalized spacial score (nSPS) is 14.4. The van der Waals surface area contributed by atoms with E-state index in [4.69, 9.17) is 0 Å². The summed E-state index contributed by atoms with van der Waals surface area (Å²) in [7, 11) is -3.46. The zero-order valence-corrected chi connectivity index (χ0v) is 16.8. The minimum absolute atomic E-state index is 0.235. The zero-order valence-electron chi connectivity index (χ0n) is 16.0. The molecule has 0 spiro atoms. The third kappa shape index (κ3) is 5.42. The second-order valence-corrected chi connectivity index (χ2v) is 8.89. The summed E-state index contributed by atoms with van der Waals surface area (Å²) in [6, 6.07) is 15.9. The van der Waals surface area contributed by atoms with E-state index in [0.717, 1.165) is 37.0 Å². The first kappa shape index (κ1) is 20.1. The molecule has 148 valence electrons. The molecule has 0 atom stereocenters. The van der Waals surface area contributed by atoms with Crippen molar-refractivity contribution in [2.24, 2.45) is 5.10 Å². The Labute approximate surface area is 166 Å². The lowest BCUT2D eigenvalue weighted by Gasteiger charge is -2.22. The highest BCUT2D eigenvalue weighted by Gasteiger charge is 2.18. The van der Waals surface area contributed by atoms with E-state index in [1.54, 1.807) is 24.3 Å². The van der Waals surface area contributed by atoms with Crippen LogP contribution in [0.3, 0.4) is 0 Å². The molecule has 1 N–H and O–H groups in total. The monoisotopic (exact) mass is 399 g/mol. The van der Waals surface area contributed by atoms with Crippen molar-refractivity contribution >= 4 is 27.3 Å². The molecule has 0 saturated heterocycles. The number of nitrogens with zero attached hydrogens (tertiary/aromatic N) is 2. The Hall–Kier alpha value is -2.67. The average Bonchev–Trinajstić information content (AvgIpc) is 2.71. The van der Waals surface area contributed by atoms with Crippen molar-refractivity contribution in [3.8, 4) is 0 Å². The molecular formula is C21H25N3O3S. The fourth-order valence-electron chi connectivity index (χ4n) is 3.19. The molecule has 1 saturated carbocycles. The summed E-state index contributed by atoms with van der Waals surface area (Å²) in [5.41, 5.74) is 5.48. The number of hydrogen-bond acceptors (Lipinski definition) is 4. The molecule has 0 bridgehead atoms. The van der Waals surface area contributed by atoms with Crippen LogP contribution < -0.4 is 9.73 Å². The largest absolute Gasteiger partial charge is 0.271 e. The third-order valence-electron chi connectivity index (χ3n) is 4.73. The summed E-state index contributed by atoms with van der Waals surface area (Å²) < 4.78 is 25.8. The number of hydrazone groups is 1. The van der Waals surface area contributed by atoms with E-state index >= 15 is 0 Å². The summed E-state index contributed by atoms with van der Waals surface area (Å²) in [4.78, 5) is 12.3. The van der Waals surface area contributed by atoms with Crippen molar-refractivity contribution in [3.63, 3.8) is 0 Å². The number of sulfonamides is 1.